The summed E-state index contributed by atoms with van der Waals surface area (Å²) < 4.78 is 18.6. The molecule has 0 aliphatic rings. The zero-order valence-electron chi connectivity index (χ0n) is 16.5. The largest absolute Gasteiger partial charge is 0.481 e. The number of hydrogen-bond acceptors (Lipinski definition) is 4. The van der Waals surface area contributed by atoms with Crippen molar-refractivity contribution in [3.63, 3.8) is 0 Å². The molecule has 0 radical (unpaired) electrons. The van der Waals surface area contributed by atoms with Gasteiger partial charge in [0.15, 0.2) is 0 Å². The van der Waals surface area contributed by atoms with Crippen LogP contribution in [-0.2, 0) is 17.6 Å². The molecule has 0 saturated carbocycles. The maximum Gasteiger partial charge on any atom is 0.307 e. The fraction of sp³-hybridized carbons (Fsp3) is 0.125. The van der Waals surface area contributed by atoms with Gasteiger partial charge in [-0.25, -0.2) is 4.39 Å². The molecule has 3 rings (SSSR count). The van der Waals surface area contributed by atoms with Gasteiger partial charge in [0.1, 0.15) is 23.4 Å². The van der Waals surface area contributed by atoms with E-state index in [1.807, 2.05) is 6.07 Å². The molecule has 0 unspecified atom stereocenters. The monoisotopic (exact) mass is 418 g/mol. The van der Waals surface area contributed by atoms with E-state index in [2.05, 4.69) is 5.32 Å². The third kappa shape index (κ3) is 6.15. The first-order valence-corrected chi connectivity index (χ1v) is 9.50. The normalized spacial score (nSPS) is 10.2. The number of carboxylic acids is 1. The summed E-state index contributed by atoms with van der Waals surface area (Å²) in [5.41, 5.74) is 2.10. The lowest BCUT2D eigenvalue weighted by molar-refractivity contribution is -0.136. The average molecular weight is 418 g/mol. The van der Waals surface area contributed by atoms with E-state index in [-0.39, 0.29) is 23.7 Å². The number of halogens is 1. The summed E-state index contributed by atoms with van der Waals surface area (Å²) in [6.45, 7) is 0.414. The molecule has 0 heterocycles. The molecule has 3 aromatic rings. The van der Waals surface area contributed by atoms with Crippen molar-refractivity contribution in [1.29, 1.82) is 5.26 Å². The van der Waals surface area contributed by atoms with Crippen LogP contribution >= 0.6 is 0 Å². The van der Waals surface area contributed by atoms with Crippen molar-refractivity contribution in [2.75, 3.05) is 6.54 Å². The van der Waals surface area contributed by atoms with Crippen LogP contribution in [0.25, 0.3) is 0 Å². The van der Waals surface area contributed by atoms with E-state index in [9.17, 15) is 19.2 Å². The molecule has 0 spiro atoms. The predicted molar refractivity (Wildman–Crippen MR) is 111 cm³/mol. The number of carbonyl (C=O) groups is 2. The van der Waals surface area contributed by atoms with E-state index in [1.54, 1.807) is 48.5 Å². The number of nitrogens with zero attached hydrogens (tertiary/aromatic N) is 1. The third-order valence-corrected chi connectivity index (χ3v) is 4.48. The number of carbonyl (C=O) groups excluding carboxylic acids is 1. The topological polar surface area (TPSA) is 99.4 Å². The van der Waals surface area contributed by atoms with Crippen molar-refractivity contribution >= 4 is 11.9 Å². The van der Waals surface area contributed by atoms with Gasteiger partial charge in [-0.05, 0) is 66.1 Å². The number of nitrogens with one attached hydrogen (secondary N) is 1. The molecule has 2 N–H and O–H groups in total. The Kier molecular flexibility index (Phi) is 6.97. The van der Waals surface area contributed by atoms with E-state index in [0.29, 0.717) is 35.6 Å². The maximum absolute atomic E-state index is 12.9. The first-order chi connectivity index (χ1) is 14.9. The van der Waals surface area contributed by atoms with Gasteiger partial charge in [-0.2, -0.15) is 5.26 Å². The number of hydrogen-bond donors (Lipinski definition) is 2. The van der Waals surface area contributed by atoms with E-state index >= 15 is 0 Å². The van der Waals surface area contributed by atoms with Crippen molar-refractivity contribution in [2.45, 2.75) is 12.8 Å². The molecule has 0 aliphatic heterocycles. The lowest BCUT2D eigenvalue weighted by atomic mass is 10.1. The van der Waals surface area contributed by atoms with Crippen molar-refractivity contribution < 1.29 is 23.8 Å². The summed E-state index contributed by atoms with van der Waals surface area (Å²) in [5.74, 6) is -0.792. The standard InChI is InChI=1S/C24H19FN2O4/c25-20-6-1-16(2-7-20)11-12-27-24(30)18-4-8-21(9-5-18)31-22-10-3-17(14-23(28)29)13-19(22)15-26/h1-10,13H,11-12,14H2,(H,27,30)(H,28,29). The summed E-state index contributed by atoms with van der Waals surface area (Å²) in [4.78, 5) is 23.1. The average Bonchev–Trinajstić information content (AvgIpc) is 2.76. The molecule has 156 valence electrons. The number of benzene rings is 3. The Hall–Kier alpha value is -4.18. The molecule has 3 aromatic carbocycles. The fourth-order valence-corrected chi connectivity index (χ4v) is 2.91. The molecule has 7 heteroatoms. The quantitative estimate of drug-likeness (QED) is 0.574. The Bertz CT molecular complexity index is 1120. The highest BCUT2D eigenvalue weighted by atomic mass is 19.1. The minimum atomic E-state index is -0.982. The zero-order chi connectivity index (χ0) is 22.2. The number of carboxylic acid groups (broad SMARTS) is 1. The summed E-state index contributed by atoms with van der Waals surface area (Å²) >= 11 is 0. The van der Waals surface area contributed by atoms with Crippen LogP contribution in [0.1, 0.15) is 27.0 Å². The van der Waals surface area contributed by atoms with Crippen molar-refractivity contribution in [1.82, 2.24) is 5.32 Å². The van der Waals surface area contributed by atoms with Gasteiger partial charge < -0.3 is 15.2 Å². The second-order valence-electron chi connectivity index (χ2n) is 6.77. The smallest absolute Gasteiger partial charge is 0.307 e. The Morgan fingerprint density at radius 3 is 2.32 bits per heavy atom. The van der Waals surface area contributed by atoms with E-state index in [0.717, 1.165) is 5.56 Å². The van der Waals surface area contributed by atoms with Crippen molar-refractivity contribution in [2.24, 2.45) is 0 Å². The number of aliphatic carboxylic acids is 1. The first-order valence-electron chi connectivity index (χ1n) is 9.50. The highest BCUT2D eigenvalue weighted by Gasteiger charge is 2.10. The van der Waals surface area contributed by atoms with Gasteiger partial charge in [0.05, 0.1) is 12.0 Å². The molecular formula is C24H19FN2O4. The Balaban J connectivity index is 1.58. The maximum atomic E-state index is 12.9. The molecule has 0 atom stereocenters. The highest BCUT2D eigenvalue weighted by molar-refractivity contribution is 5.94. The van der Waals surface area contributed by atoms with Crippen LogP contribution < -0.4 is 10.1 Å². The van der Waals surface area contributed by atoms with E-state index in [4.69, 9.17) is 9.84 Å². The second-order valence-corrected chi connectivity index (χ2v) is 6.77. The number of amides is 1. The lowest BCUT2D eigenvalue weighted by Gasteiger charge is -2.10. The van der Waals surface area contributed by atoms with Gasteiger partial charge in [0, 0.05) is 12.1 Å². The highest BCUT2D eigenvalue weighted by Crippen LogP contribution is 2.26. The number of ether oxygens (including phenoxy) is 1. The van der Waals surface area contributed by atoms with Gasteiger partial charge in [-0.15, -0.1) is 0 Å². The van der Waals surface area contributed by atoms with Crippen LogP contribution in [0.2, 0.25) is 0 Å². The fourth-order valence-electron chi connectivity index (χ4n) is 2.91. The van der Waals surface area contributed by atoms with Gasteiger partial charge in [0.25, 0.3) is 5.91 Å². The van der Waals surface area contributed by atoms with E-state index in [1.165, 1.54) is 18.2 Å². The van der Waals surface area contributed by atoms with Crippen LogP contribution in [-0.4, -0.2) is 23.5 Å². The summed E-state index contributed by atoms with van der Waals surface area (Å²) in [5, 5.41) is 21.0. The molecule has 0 aliphatic carbocycles. The Morgan fingerprint density at radius 1 is 1.00 bits per heavy atom. The molecule has 0 aromatic heterocycles. The van der Waals surface area contributed by atoms with Crippen LogP contribution in [0, 0.1) is 17.1 Å². The second kappa shape index (κ2) is 10.0. The van der Waals surface area contributed by atoms with Crippen molar-refractivity contribution in [3.05, 3.63) is 94.8 Å². The Morgan fingerprint density at radius 2 is 1.68 bits per heavy atom. The minimum absolute atomic E-state index is 0.181. The molecule has 1 amide bonds. The van der Waals surface area contributed by atoms with Gasteiger partial charge in [-0.1, -0.05) is 18.2 Å². The first kappa shape index (κ1) is 21.5. The SMILES string of the molecule is N#Cc1cc(CC(=O)O)ccc1Oc1ccc(C(=O)NCCc2ccc(F)cc2)cc1. The zero-order valence-corrected chi connectivity index (χ0v) is 16.5. The van der Waals surface area contributed by atoms with Gasteiger partial charge in [0.2, 0.25) is 0 Å². The van der Waals surface area contributed by atoms with Crippen LogP contribution in [0.5, 0.6) is 11.5 Å². The molecule has 6 nitrogen and oxygen atoms in total. The summed E-state index contributed by atoms with van der Waals surface area (Å²) in [6, 6.07) is 19.2. The number of rotatable bonds is 8. The molecule has 31 heavy (non-hydrogen) atoms. The van der Waals surface area contributed by atoms with Crippen LogP contribution in [0.4, 0.5) is 4.39 Å². The molecule has 0 saturated heterocycles. The minimum Gasteiger partial charge on any atom is -0.481 e. The molecular weight excluding hydrogens is 399 g/mol. The number of nitriles is 1. The molecule has 0 bridgehead atoms. The lowest BCUT2D eigenvalue weighted by Crippen LogP contribution is -2.25. The summed E-state index contributed by atoms with van der Waals surface area (Å²) in [7, 11) is 0. The summed E-state index contributed by atoms with van der Waals surface area (Å²) in [6.07, 6.45) is 0.405. The van der Waals surface area contributed by atoms with Gasteiger partial charge in [-0.3, -0.25) is 9.59 Å². The van der Waals surface area contributed by atoms with Gasteiger partial charge >= 0.3 is 5.97 Å². The predicted octanol–water partition coefficient (Wildman–Crippen LogP) is 4.09. The van der Waals surface area contributed by atoms with Crippen LogP contribution in [0.3, 0.4) is 0 Å². The van der Waals surface area contributed by atoms with Crippen LogP contribution in [0.15, 0.2) is 66.7 Å². The van der Waals surface area contributed by atoms with E-state index < -0.39 is 5.97 Å². The third-order valence-electron chi connectivity index (χ3n) is 4.48. The van der Waals surface area contributed by atoms with Crippen molar-refractivity contribution in [3.8, 4) is 17.6 Å². The molecule has 0 fully saturated rings. The Labute approximate surface area is 178 Å².